The highest BCUT2D eigenvalue weighted by Crippen LogP contribution is 2.24. The Morgan fingerprint density at radius 1 is 1.04 bits per heavy atom. The van der Waals surface area contributed by atoms with E-state index in [2.05, 4.69) is 54.8 Å². The normalized spacial score (nSPS) is 12.7. The highest BCUT2D eigenvalue weighted by atomic mass is 35.5. The predicted octanol–water partition coefficient (Wildman–Crippen LogP) is 5.13. The van der Waals surface area contributed by atoms with Crippen molar-refractivity contribution >= 4 is 34.5 Å². The van der Waals surface area contributed by atoms with Crippen LogP contribution in [0.1, 0.15) is 46.2 Å². The van der Waals surface area contributed by atoms with Crippen LogP contribution in [0.3, 0.4) is 0 Å². The summed E-state index contributed by atoms with van der Waals surface area (Å²) in [6.07, 6.45) is 1.83. The molecule has 3 aromatic rings. The summed E-state index contributed by atoms with van der Waals surface area (Å²) in [6.45, 7) is 11.4. The van der Waals surface area contributed by atoms with Gasteiger partial charge in [-0.05, 0) is 44.4 Å². The summed E-state index contributed by atoms with van der Waals surface area (Å²) >= 11 is 5.97. The standard InChI is InChI=1S/C20H27ClN6/c1-12(2)14(5)24-20-25-18(22-10-15-6-8-16(21)9-7-15)17-19(26-20)27(11-23-17)13(3)4/h6-9,11-14H,10H2,1-5H3,(H2,22,24,25,26). The second-order valence-corrected chi connectivity index (χ2v) is 7.91. The van der Waals surface area contributed by atoms with Gasteiger partial charge in [0.2, 0.25) is 5.95 Å². The van der Waals surface area contributed by atoms with Crippen molar-refractivity contribution < 1.29 is 0 Å². The molecule has 0 bridgehead atoms. The Labute approximate surface area is 165 Å². The van der Waals surface area contributed by atoms with Crippen LogP contribution in [0.5, 0.6) is 0 Å². The molecule has 0 radical (unpaired) electrons. The molecule has 144 valence electrons. The minimum absolute atomic E-state index is 0.266. The maximum atomic E-state index is 5.97. The number of anilines is 2. The number of imidazole rings is 1. The van der Waals surface area contributed by atoms with Crippen molar-refractivity contribution in [1.82, 2.24) is 19.5 Å². The SMILES string of the molecule is CC(C)C(C)Nc1nc(NCc2ccc(Cl)cc2)c2ncn(C(C)C)c2n1. The van der Waals surface area contributed by atoms with Crippen molar-refractivity contribution in [3.05, 3.63) is 41.2 Å². The molecule has 0 fully saturated rings. The number of fused-ring (bicyclic) bond motifs is 1. The van der Waals surface area contributed by atoms with Gasteiger partial charge in [-0.1, -0.05) is 37.6 Å². The van der Waals surface area contributed by atoms with Gasteiger partial charge in [-0.15, -0.1) is 0 Å². The van der Waals surface area contributed by atoms with Crippen LogP contribution in [0, 0.1) is 5.92 Å². The Bertz CT molecular complexity index is 901. The zero-order valence-electron chi connectivity index (χ0n) is 16.5. The zero-order valence-corrected chi connectivity index (χ0v) is 17.2. The molecule has 3 rings (SSSR count). The Morgan fingerprint density at radius 3 is 2.37 bits per heavy atom. The van der Waals surface area contributed by atoms with Gasteiger partial charge in [0.25, 0.3) is 0 Å². The van der Waals surface area contributed by atoms with E-state index >= 15 is 0 Å². The van der Waals surface area contributed by atoms with Crippen LogP contribution in [0.15, 0.2) is 30.6 Å². The van der Waals surface area contributed by atoms with Gasteiger partial charge in [-0.25, -0.2) is 4.98 Å². The Kier molecular flexibility index (Phi) is 5.85. The second-order valence-electron chi connectivity index (χ2n) is 7.47. The average molecular weight is 387 g/mol. The smallest absolute Gasteiger partial charge is 0.227 e. The Balaban J connectivity index is 1.94. The van der Waals surface area contributed by atoms with Gasteiger partial charge in [0.05, 0.1) is 6.33 Å². The summed E-state index contributed by atoms with van der Waals surface area (Å²) in [5.41, 5.74) is 2.73. The van der Waals surface area contributed by atoms with Crippen LogP contribution < -0.4 is 10.6 Å². The summed E-state index contributed by atoms with van der Waals surface area (Å²) in [7, 11) is 0. The molecular formula is C20H27ClN6. The third kappa shape index (κ3) is 4.50. The van der Waals surface area contributed by atoms with E-state index in [9.17, 15) is 0 Å². The molecule has 2 heterocycles. The topological polar surface area (TPSA) is 67.7 Å². The first kappa shape index (κ1) is 19.4. The van der Waals surface area contributed by atoms with E-state index in [4.69, 9.17) is 21.6 Å². The van der Waals surface area contributed by atoms with E-state index in [-0.39, 0.29) is 12.1 Å². The van der Waals surface area contributed by atoms with Gasteiger partial charge in [0.15, 0.2) is 17.0 Å². The first-order valence-corrected chi connectivity index (χ1v) is 9.72. The lowest BCUT2D eigenvalue weighted by atomic mass is 10.1. The van der Waals surface area contributed by atoms with Crippen LogP contribution in [-0.4, -0.2) is 25.6 Å². The molecule has 2 N–H and O–H groups in total. The summed E-state index contributed by atoms with van der Waals surface area (Å²) in [5, 5.41) is 7.55. The van der Waals surface area contributed by atoms with Crippen LogP contribution in [0.4, 0.5) is 11.8 Å². The summed E-state index contributed by atoms with van der Waals surface area (Å²) in [5.74, 6) is 1.82. The van der Waals surface area contributed by atoms with E-state index < -0.39 is 0 Å². The third-order valence-electron chi connectivity index (χ3n) is 4.71. The molecule has 0 amide bonds. The molecule has 27 heavy (non-hydrogen) atoms. The van der Waals surface area contributed by atoms with Crippen molar-refractivity contribution in [2.45, 2.75) is 53.2 Å². The monoisotopic (exact) mass is 386 g/mol. The lowest BCUT2D eigenvalue weighted by molar-refractivity contribution is 0.556. The maximum absolute atomic E-state index is 5.97. The lowest BCUT2D eigenvalue weighted by Gasteiger charge is -2.18. The number of nitrogens with one attached hydrogen (secondary N) is 2. The zero-order chi connectivity index (χ0) is 19.6. The van der Waals surface area contributed by atoms with Crippen molar-refractivity contribution in [3.63, 3.8) is 0 Å². The van der Waals surface area contributed by atoms with E-state index in [1.807, 2.05) is 30.6 Å². The fourth-order valence-corrected chi connectivity index (χ4v) is 2.77. The fraction of sp³-hybridized carbons (Fsp3) is 0.450. The molecule has 2 aromatic heterocycles. The molecule has 0 aliphatic carbocycles. The van der Waals surface area contributed by atoms with Crippen molar-refractivity contribution in [2.75, 3.05) is 10.6 Å². The molecule has 0 saturated heterocycles. The van der Waals surface area contributed by atoms with E-state index in [0.29, 0.717) is 18.4 Å². The first-order valence-electron chi connectivity index (χ1n) is 9.34. The maximum Gasteiger partial charge on any atom is 0.227 e. The Morgan fingerprint density at radius 2 is 1.74 bits per heavy atom. The van der Waals surface area contributed by atoms with Crippen molar-refractivity contribution in [3.8, 4) is 0 Å². The molecular weight excluding hydrogens is 360 g/mol. The second kappa shape index (κ2) is 8.13. The molecule has 1 atom stereocenters. The number of nitrogens with zero attached hydrogens (tertiary/aromatic N) is 4. The van der Waals surface area contributed by atoms with Crippen molar-refractivity contribution in [1.29, 1.82) is 0 Å². The minimum Gasteiger partial charge on any atom is -0.364 e. The van der Waals surface area contributed by atoms with E-state index in [1.165, 1.54) is 0 Å². The van der Waals surface area contributed by atoms with Gasteiger partial charge in [-0.3, -0.25) is 0 Å². The van der Waals surface area contributed by atoms with Crippen LogP contribution in [0.2, 0.25) is 5.02 Å². The van der Waals surface area contributed by atoms with Gasteiger partial charge >= 0.3 is 0 Å². The number of aromatic nitrogens is 4. The van der Waals surface area contributed by atoms with Crippen LogP contribution in [0.25, 0.3) is 11.2 Å². The lowest BCUT2D eigenvalue weighted by Crippen LogP contribution is -2.23. The first-order chi connectivity index (χ1) is 12.8. The van der Waals surface area contributed by atoms with Gasteiger partial charge < -0.3 is 15.2 Å². The summed E-state index contributed by atoms with van der Waals surface area (Å²) < 4.78 is 2.07. The van der Waals surface area contributed by atoms with Crippen LogP contribution in [-0.2, 0) is 6.54 Å². The van der Waals surface area contributed by atoms with E-state index in [0.717, 1.165) is 27.6 Å². The van der Waals surface area contributed by atoms with Crippen molar-refractivity contribution in [2.24, 2.45) is 5.92 Å². The van der Waals surface area contributed by atoms with Crippen LogP contribution >= 0.6 is 11.6 Å². The molecule has 7 heteroatoms. The molecule has 6 nitrogen and oxygen atoms in total. The molecule has 0 aliphatic rings. The van der Waals surface area contributed by atoms with Gasteiger partial charge in [0, 0.05) is 23.7 Å². The number of hydrogen-bond donors (Lipinski definition) is 2. The quantitative estimate of drug-likeness (QED) is 0.589. The number of halogens is 1. The average Bonchev–Trinajstić information content (AvgIpc) is 3.05. The minimum atomic E-state index is 0.266. The number of rotatable bonds is 7. The highest BCUT2D eigenvalue weighted by Gasteiger charge is 2.16. The highest BCUT2D eigenvalue weighted by molar-refractivity contribution is 6.30. The summed E-state index contributed by atoms with van der Waals surface area (Å²) in [4.78, 5) is 14.0. The molecule has 0 aliphatic heterocycles. The molecule has 1 aromatic carbocycles. The van der Waals surface area contributed by atoms with E-state index in [1.54, 1.807) is 0 Å². The fourth-order valence-electron chi connectivity index (χ4n) is 2.64. The molecule has 1 unspecified atom stereocenters. The predicted molar refractivity (Wildman–Crippen MR) is 112 cm³/mol. The van der Waals surface area contributed by atoms with Gasteiger partial charge in [0.1, 0.15) is 0 Å². The Hall–Kier alpha value is -2.34. The molecule has 0 saturated carbocycles. The molecule has 0 spiro atoms. The van der Waals surface area contributed by atoms with Gasteiger partial charge in [-0.2, -0.15) is 9.97 Å². The summed E-state index contributed by atoms with van der Waals surface area (Å²) in [6, 6.07) is 8.31. The number of benzene rings is 1. The number of hydrogen-bond acceptors (Lipinski definition) is 5. The largest absolute Gasteiger partial charge is 0.364 e. The third-order valence-corrected chi connectivity index (χ3v) is 4.96.